The number of H-pyrrole nitrogens is 2. The van der Waals surface area contributed by atoms with Crippen LogP contribution < -0.4 is 22.5 Å². The van der Waals surface area contributed by atoms with E-state index in [0.29, 0.717) is 12.2 Å². The molecule has 15 heteroatoms. The third-order valence-electron chi connectivity index (χ3n) is 6.95. The van der Waals surface area contributed by atoms with Gasteiger partial charge in [0.25, 0.3) is 11.1 Å². The number of ether oxygens (including phenoxy) is 3. The number of aliphatic hydroxyl groups excluding tert-OH is 4. The third-order valence-corrected chi connectivity index (χ3v) is 6.95. The Kier molecular flexibility index (Phi) is 10.4. The van der Waals surface area contributed by atoms with Gasteiger partial charge in [0.2, 0.25) is 0 Å². The van der Waals surface area contributed by atoms with Gasteiger partial charge in [-0.2, -0.15) is 0 Å². The van der Waals surface area contributed by atoms with Crippen LogP contribution in [0.4, 0.5) is 0 Å². The number of aliphatic hydroxyl groups is 4. The topological polar surface area (TPSA) is 218 Å². The van der Waals surface area contributed by atoms with Crippen molar-refractivity contribution < 1.29 is 34.6 Å². The summed E-state index contributed by atoms with van der Waals surface area (Å²) in [6.07, 6.45) is -1.41. The molecule has 2 aromatic heterocycles. The molecular formula is C27H34N4O11. The number of aromatic nitrogens is 4. The molecule has 0 amide bonds. The van der Waals surface area contributed by atoms with Crippen molar-refractivity contribution in [3.05, 3.63) is 101 Å². The zero-order valence-electron chi connectivity index (χ0n) is 22.8. The molecule has 0 spiro atoms. The molecule has 15 nitrogen and oxygen atoms in total. The Morgan fingerprint density at radius 1 is 0.810 bits per heavy atom. The second-order valence-corrected chi connectivity index (χ2v) is 10.0. The Hall–Kier alpha value is -3.70. The molecule has 5 rings (SSSR count). The first kappa shape index (κ1) is 31.2. The van der Waals surface area contributed by atoms with Crippen LogP contribution >= 0.6 is 0 Å². The molecule has 228 valence electrons. The average molecular weight is 591 g/mol. The number of aryl methyl sites for hydroxylation is 1. The van der Waals surface area contributed by atoms with Gasteiger partial charge in [-0.25, -0.2) is 9.59 Å². The Bertz CT molecular complexity index is 1560. The van der Waals surface area contributed by atoms with Crippen molar-refractivity contribution in [2.75, 3.05) is 13.2 Å². The molecule has 0 bridgehead atoms. The predicted molar refractivity (Wildman–Crippen MR) is 146 cm³/mol. The molecule has 2 fully saturated rings. The molecular weight excluding hydrogens is 556 g/mol. The standard InChI is InChI=1S/C17H20N2O6.C10H14N2O5/c20-8-14-13(21)6-15(25-14)19-7-12(16(22)18-17(19)23)10-24-9-11-4-2-1-3-5-11;1-5-3-12(10(16)11-9(5)15)8-2-6(14)7(4-13)17-8/h1-5,7,13-15,20-21H,6,8-10H2,(H,18,22,23);3,6-8,13-14H,2,4H2,1H3,(H,11,15,16)/t13-,14-,15-;6-,7-,8-/m11/s1. The van der Waals surface area contributed by atoms with Crippen LogP contribution in [0.3, 0.4) is 0 Å². The van der Waals surface area contributed by atoms with Crippen molar-refractivity contribution in [2.45, 2.75) is 69.9 Å². The molecule has 2 aliphatic rings. The molecule has 6 N–H and O–H groups in total. The number of benzene rings is 1. The largest absolute Gasteiger partial charge is 0.394 e. The molecule has 2 aliphatic heterocycles. The van der Waals surface area contributed by atoms with Crippen LogP contribution in [0.15, 0.2) is 61.9 Å². The summed E-state index contributed by atoms with van der Waals surface area (Å²) in [5, 5.41) is 37.5. The summed E-state index contributed by atoms with van der Waals surface area (Å²) in [6.45, 7) is 1.29. The van der Waals surface area contributed by atoms with Gasteiger partial charge in [0.15, 0.2) is 0 Å². The molecule has 6 atom stereocenters. The molecule has 3 aromatic rings. The highest BCUT2D eigenvalue weighted by molar-refractivity contribution is 5.13. The quantitative estimate of drug-likeness (QED) is 0.175. The van der Waals surface area contributed by atoms with Gasteiger partial charge in [0.1, 0.15) is 24.7 Å². The van der Waals surface area contributed by atoms with Gasteiger partial charge in [0, 0.05) is 30.8 Å². The Morgan fingerprint density at radius 3 is 1.86 bits per heavy atom. The number of nitrogens with zero attached hydrogens (tertiary/aromatic N) is 2. The highest BCUT2D eigenvalue weighted by atomic mass is 16.5. The minimum absolute atomic E-state index is 0.0310. The average Bonchev–Trinajstić information content (AvgIpc) is 3.54. The van der Waals surface area contributed by atoms with Crippen LogP contribution in [0.1, 0.15) is 42.0 Å². The summed E-state index contributed by atoms with van der Waals surface area (Å²) in [5.74, 6) is 0. The Balaban J connectivity index is 0.000000208. The van der Waals surface area contributed by atoms with E-state index in [9.17, 15) is 29.4 Å². The lowest BCUT2D eigenvalue weighted by Gasteiger charge is -2.15. The Labute approximate surface area is 238 Å². The van der Waals surface area contributed by atoms with E-state index in [0.717, 1.165) is 5.56 Å². The number of aromatic amines is 2. The van der Waals surface area contributed by atoms with E-state index in [1.54, 1.807) is 6.92 Å². The molecule has 42 heavy (non-hydrogen) atoms. The van der Waals surface area contributed by atoms with Crippen molar-refractivity contribution in [3.63, 3.8) is 0 Å². The predicted octanol–water partition coefficient (Wildman–Crippen LogP) is -1.62. The monoisotopic (exact) mass is 590 g/mol. The maximum atomic E-state index is 12.0. The lowest BCUT2D eigenvalue weighted by molar-refractivity contribution is -0.0461. The van der Waals surface area contributed by atoms with Gasteiger partial charge in [-0.3, -0.25) is 28.7 Å². The maximum absolute atomic E-state index is 12.0. The van der Waals surface area contributed by atoms with Crippen molar-refractivity contribution in [3.8, 4) is 0 Å². The molecule has 4 heterocycles. The zero-order chi connectivity index (χ0) is 30.4. The van der Waals surface area contributed by atoms with E-state index >= 15 is 0 Å². The lowest BCUT2D eigenvalue weighted by atomic mass is 10.2. The van der Waals surface area contributed by atoms with E-state index in [1.807, 2.05) is 30.3 Å². The van der Waals surface area contributed by atoms with Crippen molar-refractivity contribution in [2.24, 2.45) is 0 Å². The summed E-state index contributed by atoms with van der Waals surface area (Å²) < 4.78 is 18.8. The number of rotatable bonds is 8. The second-order valence-electron chi connectivity index (χ2n) is 10.0. The van der Waals surface area contributed by atoms with Crippen LogP contribution in [0, 0.1) is 6.92 Å². The molecule has 0 unspecified atom stereocenters. The lowest BCUT2D eigenvalue weighted by Crippen LogP contribution is -2.34. The van der Waals surface area contributed by atoms with Crippen LogP contribution in [0.25, 0.3) is 0 Å². The fraction of sp³-hybridized carbons (Fsp3) is 0.481. The number of nitrogens with one attached hydrogen (secondary N) is 2. The SMILES string of the molecule is Cc1cn([C@H]2C[C@@H](O)[C@@H](CO)O2)c(=O)[nH]c1=O.O=c1[nH]c(=O)n([C@H]2C[C@@H](O)[C@@H](CO)O2)cc1COCc1ccccc1. The summed E-state index contributed by atoms with van der Waals surface area (Å²) >= 11 is 0. The summed E-state index contributed by atoms with van der Waals surface area (Å²) in [4.78, 5) is 51.1. The highest BCUT2D eigenvalue weighted by Gasteiger charge is 2.36. The molecule has 1 aromatic carbocycles. The fourth-order valence-corrected chi connectivity index (χ4v) is 4.60. The summed E-state index contributed by atoms with van der Waals surface area (Å²) in [7, 11) is 0. The van der Waals surface area contributed by atoms with E-state index in [1.165, 1.54) is 21.5 Å². The first-order valence-corrected chi connectivity index (χ1v) is 13.3. The summed E-state index contributed by atoms with van der Waals surface area (Å²) in [5.41, 5.74) is -0.546. The Morgan fingerprint density at radius 2 is 1.33 bits per heavy atom. The normalized spacial score (nSPS) is 25.3. The highest BCUT2D eigenvalue weighted by Crippen LogP contribution is 2.28. The van der Waals surface area contributed by atoms with Crippen molar-refractivity contribution in [1.29, 1.82) is 0 Å². The van der Waals surface area contributed by atoms with Crippen molar-refractivity contribution >= 4 is 0 Å². The number of hydrogen-bond donors (Lipinski definition) is 6. The first-order chi connectivity index (χ1) is 20.1. The van der Waals surface area contributed by atoms with Gasteiger partial charge in [-0.05, 0) is 12.5 Å². The van der Waals surface area contributed by atoms with Crippen LogP contribution in [0.5, 0.6) is 0 Å². The fourth-order valence-electron chi connectivity index (χ4n) is 4.60. The maximum Gasteiger partial charge on any atom is 0.330 e. The van der Waals surface area contributed by atoms with Gasteiger partial charge >= 0.3 is 11.4 Å². The van der Waals surface area contributed by atoms with Gasteiger partial charge < -0.3 is 34.6 Å². The van der Waals surface area contributed by atoms with Gasteiger partial charge in [-0.1, -0.05) is 30.3 Å². The molecule has 2 saturated heterocycles. The first-order valence-electron chi connectivity index (χ1n) is 13.3. The van der Waals surface area contributed by atoms with Crippen LogP contribution in [-0.4, -0.2) is 77.2 Å². The number of hydrogen-bond acceptors (Lipinski definition) is 11. The van der Waals surface area contributed by atoms with E-state index in [-0.39, 0.29) is 38.2 Å². The third kappa shape index (κ3) is 7.38. The molecule has 0 saturated carbocycles. The summed E-state index contributed by atoms with van der Waals surface area (Å²) in [6, 6.07) is 9.51. The van der Waals surface area contributed by atoms with E-state index in [4.69, 9.17) is 24.4 Å². The molecule has 0 radical (unpaired) electrons. The van der Waals surface area contributed by atoms with E-state index < -0.39 is 59.4 Å². The second kappa shape index (κ2) is 14.0. The van der Waals surface area contributed by atoms with Crippen LogP contribution in [0.2, 0.25) is 0 Å². The van der Waals surface area contributed by atoms with Gasteiger partial charge in [-0.15, -0.1) is 0 Å². The van der Waals surface area contributed by atoms with E-state index in [2.05, 4.69) is 9.97 Å². The smallest absolute Gasteiger partial charge is 0.330 e. The minimum Gasteiger partial charge on any atom is -0.394 e. The molecule has 0 aliphatic carbocycles. The van der Waals surface area contributed by atoms with Crippen molar-refractivity contribution in [1.82, 2.24) is 19.1 Å². The van der Waals surface area contributed by atoms with Crippen LogP contribution in [-0.2, 0) is 27.4 Å². The van der Waals surface area contributed by atoms with Gasteiger partial charge in [0.05, 0.1) is 44.2 Å². The minimum atomic E-state index is -0.869. The zero-order valence-corrected chi connectivity index (χ0v) is 22.8.